The summed E-state index contributed by atoms with van der Waals surface area (Å²) in [4.78, 5) is 24.5. The van der Waals surface area contributed by atoms with Crippen LogP contribution in [0.3, 0.4) is 0 Å². The first-order valence-corrected chi connectivity index (χ1v) is 17.5. The molecule has 276 valence electrons. The highest BCUT2D eigenvalue weighted by molar-refractivity contribution is 7.22. The fraction of sp³-hybridized carbons (Fsp3) is 0.371. The summed E-state index contributed by atoms with van der Waals surface area (Å²) in [6.07, 6.45) is -2.03. The quantitative estimate of drug-likeness (QED) is 0.0848. The van der Waals surface area contributed by atoms with Crippen LogP contribution in [0.25, 0.3) is 20.7 Å². The molecule has 0 aliphatic heterocycles. The Labute approximate surface area is 305 Å². The monoisotopic (exact) mass is 762 g/mol. The molecule has 1 atom stereocenters. The number of esters is 1. The summed E-state index contributed by atoms with van der Waals surface area (Å²) in [6.45, 7) is 1.56. The maximum Gasteiger partial charge on any atom is 0.490 e. The largest absolute Gasteiger partial charge is 0.490 e. The van der Waals surface area contributed by atoms with Crippen molar-refractivity contribution in [1.29, 1.82) is 0 Å². The molecule has 0 radical (unpaired) electrons. The van der Waals surface area contributed by atoms with E-state index in [9.17, 15) is 22.4 Å². The van der Waals surface area contributed by atoms with Crippen LogP contribution in [0, 0.1) is 5.82 Å². The second-order valence-electron chi connectivity index (χ2n) is 12.0. The zero-order chi connectivity index (χ0) is 36.8. The Balaban J connectivity index is 1.22. The van der Waals surface area contributed by atoms with Crippen molar-refractivity contribution in [3.05, 3.63) is 82.6 Å². The van der Waals surface area contributed by atoms with Gasteiger partial charge in [0.15, 0.2) is 0 Å². The number of hydrogen-bond donors (Lipinski definition) is 1. The lowest BCUT2D eigenvalue weighted by atomic mass is 9.95. The van der Waals surface area contributed by atoms with Crippen LogP contribution in [0.1, 0.15) is 16.8 Å². The molecule has 2 aromatic carbocycles. The van der Waals surface area contributed by atoms with Gasteiger partial charge < -0.3 is 24.3 Å². The highest BCUT2D eigenvalue weighted by Gasteiger charge is 2.42. The van der Waals surface area contributed by atoms with Crippen molar-refractivity contribution >= 4 is 50.6 Å². The number of carbonyl (C=O) groups excluding carboxylic acids is 1. The zero-order valence-electron chi connectivity index (χ0n) is 28.2. The number of nitrogens with one attached hydrogen (secondary N) is 1. The van der Waals surface area contributed by atoms with Crippen molar-refractivity contribution in [3.8, 4) is 16.2 Å². The van der Waals surface area contributed by atoms with Gasteiger partial charge in [0.1, 0.15) is 41.3 Å². The van der Waals surface area contributed by atoms with E-state index in [-0.39, 0.29) is 25.5 Å². The fourth-order valence-electron chi connectivity index (χ4n) is 5.99. The van der Waals surface area contributed by atoms with Crippen LogP contribution in [0.5, 0.6) is 5.75 Å². The average molecular weight is 763 g/mol. The molecular formula is C35H35ClF4N6O5S. The Kier molecular flexibility index (Phi) is 11.9. The highest BCUT2D eigenvalue weighted by atomic mass is 35.5. The molecule has 17 heteroatoms. The van der Waals surface area contributed by atoms with E-state index in [1.807, 2.05) is 4.90 Å². The van der Waals surface area contributed by atoms with E-state index in [2.05, 4.69) is 20.4 Å². The minimum atomic E-state index is -5.14. The van der Waals surface area contributed by atoms with Crippen LogP contribution in [-0.2, 0) is 45.0 Å². The summed E-state index contributed by atoms with van der Waals surface area (Å²) in [5.41, 5.74) is 3.99. The molecule has 6 rings (SSSR count). The average Bonchev–Trinajstić information content (AvgIpc) is 3.70. The van der Waals surface area contributed by atoms with Gasteiger partial charge in [-0.3, -0.25) is 9.58 Å². The first-order chi connectivity index (χ1) is 25.0. The lowest BCUT2D eigenvalue weighted by Gasteiger charge is -2.28. The maximum atomic E-state index is 13.6. The van der Waals surface area contributed by atoms with Gasteiger partial charge in [-0.05, 0) is 54.3 Å². The van der Waals surface area contributed by atoms with Gasteiger partial charge >= 0.3 is 12.1 Å². The van der Waals surface area contributed by atoms with Crippen molar-refractivity contribution in [2.24, 2.45) is 0 Å². The molecule has 1 N–H and O–H groups in total. The second kappa shape index (κ2) is 16.5. The van der Waals surface area contributed by atoms with Crippen LogP contribution < -0.4 is 10.1 Å². The standard InChI is InChI=1S/C35H35ClF4N6O5S/c1-48-12-10-45(11-13-49-2)17-24(51-34(47)35(38,39)40)18-46-28-8-7-25-30-32(41-20-42-33(30)52-31(25)26(28)16-43-46)44-23-6-9-29(27(36)15-23)50-19-21-4-3-5-22(37)14-21/h3-6,9,14-16,20,24H,7-8,10-13,17-19H2,1-2H3,(H,41,42,44)/t24-/m1/s1. The third-order valence-corrected chi connectivity index (χ3v) is 9.91. The number of aryl methyl sites for hydroxylation is 1. The number of thiophene rings is 1. The molecule has 0 saturated heterocycles. The van der Waals surface area contributed by atoms with Crippen LogP contribution in [0.4, 0.5) is 29.1 Å². The molecule has 0 fully saturated rings. The van der Waals surface area contributed by atoms with E-state index in [0.29, 0.717) is 67.0 Å². The summed E-state index contributed by atoms with van der Waals surface area (Å²) < 4.78 is 76.2. The lowest BCUT2D eigenvalue weighted by Crippen LogP contribution is -2.43. The minimum Gasteiger partial charge on any atom is -0.487 e. The number of benzene rings is 2. The van der Waals surface area contributed by atoms with Crippen molar-refractivity contribution in [2.75, 3.05) is 52.4 Å². The molecule has 0 amide bonds. The molecule has 52 heavy (non-hydrogen) atoms. The van der Waals surface area contributed by atoms with Gasteiger partial charge in [0.05, 0.1) is 36.4 Å². The Hall–Kier alpha value is -4.35. The Bertz CT molecular complexity index is 2020. The number of aromatic nitrogens is 4. The Morgan fingerprint density at radius 2 is 1.88 bits per heavy atom. The highest BCUT2D eigenvalue weighted by Crippen LogP contribution is 2.45. The van der Waals surface area contributed by atoms with E-state index in [1.54, 1.807) is 41.2 Å². The number of fused-ring (bicyclic) bond motifs is 5. The Morgan fingerprint density at radius 1 is 1.10 bits per heavy atom. The number of carbonyl (C=O) groups is 1. The van der Waals surface area contributed by atoms with Gasteiger partial charge in [0.2, 0.25) is 0 Å². The van der Waals surface area contributed by atoms with Crippen LogP contribution in [0.2, 0.25) is 5.02 Å². The molecule has 0 spiro atoms. The Morgan fingerprint density at radius 3 is 2.60 bits per heavy atom. The number of nitrogens with zero attached hydrogens (tertiary/aromatic N) is 5. The van der Waals surface area contributed by atoms with Gasteiger partial charge in [0.25, 0.3) is 0 Å². The maximum absolute atomic E-state index is 13.6. The normalized spacial score (nSPS) is 13.2. The lowest BCUT2D eigenvalue weighted by molar-refractivity contribution is -0.206. The van der Waals surface area contributed by atoms with E-state index in [1.165, 1.54) is 44.0 Å². The van der Waals surface area contributed by atoms with Crippen LogP contribution in [0.15, 0.2) is 55.0 Å². The van der Waals surface area contributed by atoms with E-state index >= 15 is 0 Å². The molecule has 3 aromatic heterocycles. The summed E-state index contributed by atoms with van der Waals surface area (Å²) in [6, 6.07) is 11.4. The van der Waals surface area contributed by atoms with Crippen LogP contribution in [-0.4, -0.2) is 90.0 Å². The van der Waals surface area contributed by atoms with Crippen molar-refractivity contribution in [1.82, 2.24) is 24.6 Å². The number of methoxy groups -OCH3 is 2. The molecule has 0 bridgehead atoms. The van der Waals surface area contributed by atoms with Crippen molar-refractivity contribution < 1.29 is 41.3 Å². The van der Waals surface area contributed by atoms with E-state index in [4.69, 9.17) is 30.5 Å². The molecule has 3 heterocycles. The number of halogens is 5. The molecule has 0 unspecified atom stereocenters. The van der Waals surface area contributed by atoms with Crippen LogP contribution >= 0.6 is 22.9 Å². The van der Waals surface area contributed by atoms with E-state index in [0.717, 1.165) is 31.9 Å². The topological polar surface area (TPSA) is 113 Å². The summed E-state index contributed by atoms with van der Waals surface area (Å²) in [5, 5.41) is 9.09. The smallest absolute Gasteiger partial charge is 0.487 e. The predicted molar refractivity (Wildman–Crippen MR) is 188 cm³/mol. The number of alkyl halides is 3. The molecule has 0 saturated carbocycles. The molecule has 11 nitrogen and oxygen atoms in total. The first kappa shape index (κ1) is 37.4. The first-order valence-electron chi connectivity index (χ1n) is 16.3. The third-order valence-electron chi connectivity index (χ3n) is 8.44. The predicted octanol–water partition coefficient (Wildman–Crippen LogP) is 6.84. The third kappa shape index (κ3) is 8.81. The van der Waals surface area contributed by atoms with Crippen molar-refractivity contribution in [2.45, 2.75) is 38.3 Å². The SMILES string of the molecule is COCCN(CCOC)C[C@H](Cn1ncc2c1CCc1c-2sc2ncnc(Nc3ccc(OCc4cccc(F)c4)c(Cl)c3)c12)OC(=O)C(F)(F)F. The minimum absolute atomic E-state index is 0.0199. The van der Waals surface area contributed by atoms with Gasteiger partial charge in [-0.25, -0.2) is 19.2 Å². The van der Waals surface area contributed by atoms with Gasteiger partial charge in [-0.1, -0.05) is 23.7 Å². The summed E-state index contributed by atoms with van der Waals surface area (Å²) in [7, 11) is 3.06. The molecule has 1 aliphatic carbocycles. The molecular weight excluding hydrogens is 728 g/mol. The van der Waals surface area contributed by atoms with Crippen molar-refractivity contribution in [3.63, 3.8) is 0 Å². The number of anilines is 2. The molecule has 1 aliphatic rings. The zero-order valence-corrected chi connectivity index (χ0v) is 29.8. The second-order valence-corrected chi connectivity index (χ2v) is 13.4. The van der Waals surface area contributed by atoms with E-state index < -0.39 is 18.2 Å². The number of ether oxygens (including phenoxy) is 4. The number of rotatable bonds is 16. The fourth-order valence-corrected chi connectivity index (χ4v) is 7.45. The summed E-state index contributed by atoms with van der Waals surface area (Å²) in [5.74, 6) is -1.59. The van der Waals surface area contributed by atoms with Gasteiger partial charge in [0, 0.05) is 55.7 Å². The number of hydrogen-bond acceptors (Lipinski definition) is 11. The molecule has 5 aromatic rings. The summed E-state index contributed by atoms with van der Waals surface area (Å²) >= 11 is 8.01. The van der Waals surface area contributed by atoms with Gasteiger partial charge in [-0.2, -0.15) is 18.3 Å². The van der Waals surface area contributed by atoms with Gasteiger partial charge in [-0.15, -0.1) is 11.3 Å².